The van der Waals surface area contributed by atoms with Crippen molar-refractivity contribution in [2.75, 3.05) is 5.32 Å². The summed E-state index contributed by atoms with van der Waals surface area (Å²) in [5, 5.41) is 3.26. The molecule has 0 heterocycles. The summed E-state index contributed by atoms with van der Waals surface area (Å²) in [4.78, 5) is 12.4. The first-order valence-electron chi connectivity index (χ1n) is 7.45. The Morgan fingerprint density at radius 2 is 1.72 bits per heavy atom. The van der Waals surface area contributed by atoms with E-state index in [1.807, 2.05) is 6.07 Å². The number of hydrogen-bond acceptors (Lipinski definition) is 3. The molecule has 0 spiro atoms. The minimum Gasteiger partial charge on any atom is -0.325 e. The first-order chi connectivity index (χ1) is 11.6. The monoisotopic (exact) mass is 400 g/mol. The second-order valence-corrected chi connectivity index (χ2v) is 8.23. The van der Waals surface area contributed by atoms with E-state index >= 15 is 0 Å². The van der Waals surface area contributed by atoms with Crippen LogP contribution in [0.5, 0.6) is 0 Å². The number of carbonyl (C=O) groups is 1. The zero-order valence-corrected chi connectivity index (χ0v) is 16.3. The van der Waals surface area contributed by atoms with Gasteiger partial charge in [-0.15, -0.1) is 0 Å². The summed E-state index contributed by atoms with van der Waals surface area (Å²) in [6.07, 6.45) is 0. The molecule has 2 aromatic rings. The van der Waals surface area contributed by atoms with Crippen LogP contribution in [0.2, 0.25) is 10.0 Å². The molecular formula is C17H18Cl2N2O3S. The van der Waals surface area contributed by atoms with Crippen molar-refractivity contribution in [2.24, 2.45) is 0 Å². The highest BCUT2D eigenvalue weighted by atomic mass is 35.5. The predicted octanol–water partition coefficient (Wildman–Crippen LogP) is 3.92. The highest BCUT2D eigenvalue weighted by molar-refractivity contribution is 7.89. The molecule has 0 radical (unpaired) electrons. The van der Waals surface area contributed by atoms with Crippen LogP contribution < -0.4 is 10.0 Å². The van der Waals surface area contributed by atoms with E-state index in [1.54, 1.807) is 38.1 Å². The van der Waals surface area contributed by atoms with Gasteiger partial charge in [-0.2, -0.15) is 4.72 Å². The van der Waals surface area contributed by atoms with Gasteiger partial charge < -0.3 is 5.32 Å². The van der Waals surface area contributed by atoms with Gasteiger partial charge in [-0.25, -0.2) is 8.42 Å². The maximum absolute atomic E-state index is 12.5. The molecule has 8 heteroatoms. The van der Waals surface area contributed by atoms with E-state index in [2.05, 4.69) is 10.0 Å². The second kappa shape index (κ2) is 7.74. The third kappa shape index (κ3) is 4.95. The van der Waals surface area contributed by atoms with Gasteiger partial charge in [-0.1, -0.05) is 35.3 Å². The number of nitrogens with one attached hydrogen (secondary N) is 2. The van der Waals surface area contributed by atoms with Crippen LogP contribution in [0.4, 0.5) is 5.69 Å². The summed E-state index contributed by atoms with van der Waals surface area (Å²) in [6, 6.07) is 8.77. The smallest absolute Gasteiger partial charge is 0.242 e. The van der Waals surface area contributed by atoms with Crippen LogP contribution in [-0.4, -0.2) is 20.4 Å². The van der Waals surface area contributed by atoms with Crippen LogP contribution in [-0.2, 0) is 14.8 Å². The Morgan fingerprint density at radius 3 is 2.36 bits per heavy atom. The van der Waals surface area contributed by atoms with Crippen LogP contribution in [0.1, 0.15) is 18.1 Å². The van der Waals surface area contributed by atoms with Crippen LogP contribution in [0.3, 0.4) is 0 Å². The van der Waals surface area contributed by atoms with Gasteiger partial charge in [0, 0.05) is 5.69 Å². The predicted molar refractivity (Wildman–Crippen MR) is 101 cm³/mol. The highest BCUT2D eigenvalue weighted by Crippen LogP contribution is 2.25. The summed E-state index contributed by atoms with van der Waals surface area (Å²) in [5.41, 5.74) is 1.85. The van der Waals surface area contributed by atoms with Gasteiger partial charge in [-0.05, 0) is 56.2 Å². The molecule has 1 unspecified atom stereocenters. The van der Waals surface area contributed by atoms with Crippen LogP contribution in [0, 0.1) is 13.8 Å². The highest BCUT2D eigenvalue weighted by Gasteiger charge is 2.23. The van der Waals surface area contributed by atoms with Gasteiger partial charge in [0.2, 0.25) is 15.9 Å². The van der Waals surface area contributed by atoms with Crippen molar-refractivity contribution in [3.05, 3.63) is 57.6 Å². The molecule has 134 valence electrons. The normalized spacial score (nSPS) is 12.7. The Labute approximate surface area is 157 Å². The zero-order chi connectivity index (χ0) is 18.8. The maximum Gasteiger partial charge on any atom is 0.242 e. The Morgan fingerprint density at radius 1 is 1.04 bits per heavy atom. The largest absolute Gasteiger partial charge is 0.325 e. The Balaban J connectivity index is 2.14. The number of hydrogen-bond donors (Lipinski definition) is 2. The minimum atomic E-state index is -3.82. The number of anilines is 1. The van der Waals surface area contributed by atoms with Crippen molar-refractivity contribution < 1.29 is 13.2 Å². The Kier molecular flexibility index (Phi) is 6.11. The van der Waals surface area contributed by atoms with E-state index < -0.39 is 22.0 Å². The lowest BCUT2D eigenvalue weighted by molar-refractivity contribution is -0.117. The topological polar surface area (TPSA) is 75.3 Å². The minimum absolute atomic E-state index is 0.154. The molecule has 0 fully saturated rings. The van der Waals surface area contributed by atoms with E-state index in [0.29, 0.717) is 21.3 Å². The van der Waals surface area contributed by atoms with E-state index in [1.165, 1.54) is 13.0 Å². The van der Waals surface area contributed by atoms with E-state index in [-0.39, 0.29) is 4.90 Å². The molecule has 0 aliphatic rings. The Bertz CT molecular complexity index is 914. The van der Waals surface area contributed by atoms with Crippen LogP contribution >= 0.6 is 23.2 Å². The summed E-state index contributed by atoms with van der Waals surface area (Å²) in [7, 11) is -3.82. The molecule has 0 saturated heterocycles. The fraction of sp³-hybridized carbons (Fsp3) is 0.235. The van der Waals surface area contributed by atoms with Crippen molar-refractivity contribution in [3.8, 4) is 0 Å². The molecule has 0 saturated carbocycles. The first kappa shape index (κ1) is 19.7. The maximum atomic E-state index is 12.5. The van der Waals surface area contributed by atoms with Gasteiger partial charge in [0.15, 0.2) is 0 Å². The third-order valence-corrected chi connectivity index (χ3v) is 5.97. The van der Waals surface area contributed by atoms with Gasteiger partial charge >= 0.3 is 0 Å². The van der Waals surface area contributed by atoms with Gasteiger partial charge in [0.05, 0.1) is 21.0 Å². The second-order valence-electron chi connectivity index (χ2n) is 5.73. The van der Waals surface area contributed by atoms with Gasteiger partial charge in [-0.3, -0.25) is 4.79 Å². The number of benzene rings is 2. The molecule has 0 bridgehead atoms. The summed E-state index contributed by atoms with van der Waals surface area (Å²) in [6.45, 7) is 4.98. The van der Waals surface area contributed by atoms with Crippen LogP contribution in [0.25, 0.3) is 0 Å². The van der Waals surface area contributed by atoms with Crippen molar-refractivity contribution in [3.63, 3.8) is 0 Å². The molecule has 0 aliphatic carbocycles. The quantitative estimate of drug-likeness (QED) is 0.798. The summed E-state index contributed by atoms with van der Waals surface area (Å²) >= 11 is 11.7. The number of aryl methyl sites for hydroxylation is 2. The van der Waals surface area contributed by atoms with Crippen LogP contribution in [0.15, 0.2) is 41.3 Å². The van der Waals surface area contributed by atoms with Crippen molar-refractivity contribution in [1.29, 1.82) is 0 Å². The lowest BCUT2D eigenvalue weighted by Crippen LogP contribution is -2.41. The number of sulfonamides is 1. The molecular weight excluding hydrogens is 383 g/mol. The van der Waals surface area contributed by atoms with Crippen molar-refractivity contribution in [2.45, 2.75) is 31.7 Å². The van der Waals surface area contributed by atoms with E-state index in [4.69, 9.17) is 23.2 Å². The molecule has 1 atom stereocenters. The lowest BCUT2D eigenvalue weighted by Gasteiger charge is -2.16. The van der Waals surface area contributed by atoms with E-state index in [9.17, 15) is 13.2 Å². The van der Waals surface area contributed by atoms with Crippen molar-refractivity contribution in [1.82, 2.24) is 4.72 Å². The molecule has 2 rings (SSSR count). The average molecular weight is 401 g/mol. The molecule has 1 amide bonds. The SMILES string of the molecule is Cc1ccc(C)c(S(=O)(=O)NC(C)C(=O)Nc2ccc(Cl)c(Cl)c2)c1. The molecule has 2 aromatic carbocycles. The molecule has 2 N–H and O–H groups in total. The molecule has 0 aliphatic heterocycles. The Hall–Kier alpha value is -1.60. The summed E-state index contributed by atoms with van der Waals surface area (Å²) in [5.74, 6) is -0.507. The van der Waals surface area contributed by atoms with Crippen molar-refractivity contribution >= 4 is 44.8 Å². The molecule has 25 heavy (non-hydrogen) atoms. The first-order valence-corrected chi connectivity index (χ1v) is 9.69. The average Bonchev–Trinajstić information content (AvgIpc) is 2.52. The number of carbonyl (C=O) groups excluding carboxylic acids is 1. The fourth-order valence-electron chi connectivity index (χ4n) is 2.17. The standard InChI is InChI=1S/C17H18Cl2N2O3S/c1-10-4-5-11(2)16(8-10)25(23,24)21-12(3)17(22)20-13-6-7-14(18)15(19)9-13/h4-9,12,21H,1-3H3,(H,20,22). The van der Waals surface area contributed by atoms with E-state index in [0.717, 1.165) is 5.56 Å². The lowest BCUT2D eigenvalue weighted by atomic mass is 10.2. The number of rotatable bonds is 5. The summed E-state index contributed by atoms with van der Waals surface area (Å²) < 4.78 is 27.5. The third-order valence-electron chi connectivity index (χ3n) is 3.55. The molecule has 0 aromatic heterocycles. The number of amides is 1. The fourth-order valence-corrected chi connectivity index (χ4v) is 4.00. The zero-order valence-electron chi connectivity index (χ0n) is 13.9. The number of halogens is 2. The molecule has 5 nitrogen and oxygen atoms in total. The van der Waals surface area contributed by atoms with Gasteiger partial charge in [0.25, 0.3) is 0 Å². The van der Waals surface area contributed by atoms with Gasteiger partial charge in [0.1, 0.15) is 0 Å².